The zero-order chi connectivity index (χ0) is 20.0. The Morgan fingerprint density at radius 1 is 1.30 bits per heavy atom. The average Bonchev–Trinajstić information content (AvgIpc) is 2.63. The maximum absolute atomic E-state index is 12.7. The number of fused-ring (bicyclic) bond motifs is 3. The summed E-state index contributed by atoms with van der Waals surface area (Å²) in [5.41, 5.74) is 0.421. The van der Waals surface area contributed by atoms with E-state index >= 15 is 0 Å². The second kappa shape index (κ2) is 7.18. The summed E-state index contributed by atoms with van der Waals surface area (Å²) in [5, 5.41) is 11.2. The van der Waals surface area contributed by atoms with Crippen LogP contribution >= 0.6 is 0 Å². The summed E-state index contributed by atoms with van der Waals surface area (Å²) in [7, 11) is 1.49. The van der Waals surface area contributed by atoms with E-state index in [0.29, 0.717) is 24.9 Å². The minimum Gasteiger partial charge on any atom is -0.469 e. The highest BCUT2D eigenvalue weighted by Gasteiger charge is 2.61. The summed E-state index contributed by atoms with van der Waals surface area (Å²) in [6.45, 7) is 11.6. The van der Waals surface area contributed by atoms with Crippen LogP contribution in [0.4, 0.5) is 0 Å². The lowest BCUT2D eigenvalue weighted by molar-refractivity contribution is -0.172. The summed E-state index contributed by atoms with van der Waals surface area (Å²) in [4.78, 5) is 12.7. The SMILES string of the molecule is CCO[C@]1(C(C)C)C=C2[C@H](O)C[C@@H]3[C@](C)(CCC[C@@]3(C)C(=O)OC)[C@H]2CC1. The van der Waals surface area contributed by atoms with Crippen LogP contribution < -0.4 is 0 Å². The van der Waals surface area contributed by atoms with E-state index in [0.717, 1.165) is 37.7 Å². The zero-order valence-electron chi connectivity index (χ0n) is 18.0. The minimum atomic E-state index is -0.499. The number of methoxy groups -OCH3 is 1. The molecule has 0 bridgehead atoms. The highest BCUT2D eigenvalue weighted by Crippen LogP contribution is 2.64. The Balaban J connectivity index is 2.02. The van der Waals surface area contributed by atoms with Crippen molar-refractivity contribution in [1.29, 1.82) is 0 Å². The Kier molecular flexibility index (Phi) is 5.55. The van der Waals surface area contributed by atoms with Gasteiger partial charge in [-0.2, -0.15) is 0 Å². The second-order valence-electron chi connectivity index (χ2n) is 9.85. The Hall–Kier alpha value is -0.870. The molecule has 0 heterocycles. The number of aliphatic hydroxyl groups excluding tert-OH is 1. The van der Waals surface area contributed by atoms with Gasteiger partial charge >= 0.3 is 5.97 Å². The van der Waals surface area contributed by atoms with Gasteiger partial charge in [0.2, 0.25) is 0 Å². The van der Waals surface area contributed by atoms with E-state index < -0.39 is 11.5 Å². The summed E-state index contributed by atoms with van der Waals surface area (Å²) in [6.07, 6.45) is 7.43. The smallest absolute Gasteiger partial charge is 0.311 e. The van der Waals surface area contributed by atoms with Gasteiger partial charge in [-0.25, -0.2) is 0 Å². The predicted molar refractivity (Wildman–Crippen MR) is 106 cm³/mol. The van der Waals surface area contributed by atoms with Crippen molar-refractivity contribution >= 4 is 5.97 Å². The van der Waals surface area contributed by atoms with E-state index in [9.17, 15) is 9.90 Å². The van der Waals surface area contributed by atoms with Crippen LogP contribution in [-0.2, 0) is 14.3 Å². The highest BCUT2D eigenvalue weighted by atomic mass is 16.5. The first kappa shape index (κ1) is 20.9. The van der Waals surface area contributed by atoms with Crippen molar-refractivity contribution in [2.24, 2.45) is 28.6 Å². The van der Waals surface area contributed by atoms with Gasteiger partial charge in [-0.1, -0.05) is 33.3 Å². The van der Waals surface area contributed by atoms with E-state index in [1.807, 2.05) is 6.92 Å². The first-order valence-corrected chi connectivity index (χ1v) is 10.8. The molecule has 27 heavy (non-hydrogen) atoms. The highest BCUT2D eigenvalue weighted by molar-refractivity contribution is 5.77. The minimum absolute atomic E-state index is 0.0294. The van der Waals surface area contributed by atoms with Crippen LogP contribution in [0.25, 0.3) is 0 Å². The van der Waals surface area contributed by atoms with Gasteiger partial charge in [0.25, 0.3) is 0 Å². The van der Waals surface area contributed by atoms with Crippen molar-refractivity contribution < 1.29 is 19.4 Å². The van der Waals surface area contributed by atoms with Crippen LogP contribution in [0.1, 0.15) is 73.1 Å². The fourth-order valence-corrected chi connectivity index (χ4v) is 6.73. The quantitative estimate of drug-likeness (QED) is 0.578. The molecule has 0 saturated heterocycles. The molecule has 0 unspecified atom stereocenters. The molecule has 3 rings (SSSR count). The Labute approximate surface area is 164 Å². The van der Waals surface area contributed by atoms with Gasteiger partial charge in [-0.15, -0.1) is 0 Å². The third-order valence-electron chi connectivity index (χ3n) is 8.30. The molecule has 0 aliphatic heterocycles. The van der Waals surface area contributed by atoms with Crippen LogP contribution in [0.15, 0.2) is 11.6 Å². The van der Waals surface area contributed by atoms with Gasteiger partial charge in [0, 0.05) is 6.61 Å². The monoisotopic (exact) mass is 378 g/mol. The third kappa shape index (κ3) is 3.07. The number of carbonyl (C=O) groups excluding carboxylic acids is 1. The van der Waals surface area contributed by atoms with E-state index in [-0.39, 0.29) is 22.9 Å². The first-order valence-electron chi connectivity index (χ1n) is 10.8. The van der Waals surface area contributed by atoms with Crippen molar-refractivity contribution in [3.8, 4) is 0 Å². The molecule has 154 valence electrons. The number of carbonyl (C=O) groups is 1. The summed E-state index contributed by atoms with van der Waals surface area (Å²) < 4.78 is 11.4. The van der Waals surface area contributed by atoms with Crippen molar-refractivity contribution in [1.82, 2.24) is 0 Å². The number of hydrogen-bond donors (Lipinski definition) is 1. The van der Waals surface area contributed by atoms with Gasteiger partial charge in [-0.3, -0.25) is 4.79 Å². The van der Waals surface area contributed by atoms with Crippen molar-refractivity contribution in [2.75, 3.05) is 13.7 Å². The van der Waals surface area contributed by atoms with E-state index in [2.05, 4.69) is 33.8 Å². The molecular weight excluding hydrogens is 340 g/mol. The lowest BCUT2D eigenvalue weighted by atomic mass is 9.45. The van der Waals surface area contributed by atoms with Gasteiger partial charge in [0.05, 0.1) is 24.2 Å². The van der Waals surface area contributed by atoms with Crippen molar-refractivity contribution in [3.63, 3.8) is 0 Å². The van der Waals surface area contributed by atoms with E-state index in [4.69, 9.17) is 9.47 Å². The molecule has 0 radical (unpaired) electrons. The molecular formula is C23H38O4. The van der Waals surface area contributed by atoms with Crippen LogP contribution in [0.5, 0.6) is 0 Å². The van der Waals surface area contributed by atoms with E-state index in [1.54, 1.807) is 0 Å². The standard InChI is InChI=1S/C23H38O4/c1-7-27-23(15(2)3)12-9-17-16(14-23)18(24)13-19-21(17,4)10-8-11-22(19,5)20(25)26-6/h14-15,17-19,24H,7-13H2,1-6H3/t17-,18+,19+,21+,22+,23-/m0/s1. The molecule has 0 aromatic heterocycles. The Morgan fingerprint density at radius 3 is 2.59 bits per heavy atom. The van der Waals surface area contributed by atoms with Crippen LogP contribution in [0.3, 0.4) is 0 Å². The molecule has 6 atom stereocenters. The molecule has 4 nitrogen and oxygen atoms in total. The number of hydrogen-bond acceptors (Lipinski definition) is 4. The number of rotatable bonds is 4. The largest absolute Gasteiger partial charge is 0.469 e. The lowest BCUT2D eigenvalue weighted by Crippen LogP contribution is -2.58. The summed E-state index contributed by atoms with van der Waals surface area (Å²) in [5.74, 6) is 0.736. The van der Waals surface area contributed by atoms with Crippen LogP contribution in [0.2, 0.25) is 0 Å². The Morgan fingerprint density at radius 2 is 2.00 bits per heavy atom. The number of esters is 1. The molecule has 1 N–H and O–H groups in total. The summed E-state index contributed by atoms with van der Waals surface area (Å²) >= 11 is 0. The van der Waals surface area contributed by atoms with Gasteiger partial charge in [0.1, 0.15) is 0 Å². The second-order valence-corrected chi connectivity index (χ2v) is 9.85. The first-order chi connectivity index (χ1) is 12.6. The van der Waals surface area contributed by atoms with Crippen LogP contribution in [0, 0.1) is 28.6 Å². The third-order valence-corrected chi connectivity index (χ3v) is 8.30. The Bertz CT molecular complexity index is 611. The van der Waals surface area contributed by atoms with Crippen molar-refractivity contribution in [2.45, 2.75) is 84.8 Å². The fourth-order valence-electron chi connectivity index (χ4n) is 6.73. The molecule has 0 amide bonds. The molecule has 0 aromatic rings. The number of ether oxygens (including phenoxy) is 2. The molecule has 3 aliphatic rings. The molecule has 0 spiro atoms. The van der Waals surface area contributed by atoms with Crippen molar-refractivity contribution in [3.05, 3.63) is 11.6 Å². The molecule has 2 saturated carbocycles. The topological polar surface area (TPSA) is 55.8 Å². The van der Waals surface area contributed by atoms with E-state index in [1.165, 1.54) is 7.11 Å². The normalized spacial score (nSPS) is 44.3. The number of aliphatic hydroxyl groups is 1. The predicted octanol–water partition coefficient (Wildman–Crippen LogP) is 4.50. The van der Waals surface area contributed by atoms with Gasteiger partial charge < -0.3 is 14.6 Å². The molecule has 4 heteroatoms. The zero-order valence-corrected chi connectivity index (χ0v) is 18.0. The maximum Gasteiger partial charge on any atom is 0.311 e. The summed E-state index contributed by atoms with van der Waals surface area (Å²) in [6, 6.07) is 0. The fraction of sp³-hybridized carbons (Fsp3) is 0.870. The maximum atomic E-state index is 12.7. The lowest BCUT2D eigenvalue weighted by Gasteiger charge is -2.60. The molecule has 2 fully saturated rings. The average molecular weight is 379 g/mol. The van der Waals surface area contributed by atoms with Crippen LogP contribution in [-0.4, -0.2) is 36.5 Å². The molecule has 0 aromatic carbocycles. The van der Waals surface area contributed by atoms with Gasteiger partial charge in [-0.05, 0) is 74.7 Å². The molecule has 3 aliphatic carbocycles. The van der Waals surface area contributed by atoms with Gasteiger partial charge in [0.15, 0.2) is 0 Å².